The molecule has 19 heavy (non-hydrogen) atoms. The van der Waals surface area contributed by atoms with Crippen LogP contribution >= 0.6 is 0 Å². The van der Waals surface area contributed by atoms with Crippen molar-refractivity contribution < 1.29 is 4.79 Å². The van der Waals surface area contributed by atoms with E-state index in [9.17, 15) is 4.79 Å². The van der Waals surface area contributed by atoms with Gasteiger partial charge in [0, 0.05) is 6.54 Å². The summed E-state index contributed by atoms with van der Waals surface area (Å²) in [6.45, 7) is 8.75. The summed E-state index contributed by atoms with van der Waals surface area (Å²) in [4.78, 5) is 16.6. The van der Waals surface area contributed by atoms with Gasteiger partial charge in [0.2, 0.25) is 0 Å². The monoisotopic (exact) mass is 259 g/mol. The van der Waals surface area contributed by atoms with Crippen molar-refractivity contribution in [3.63, 3.8) is 0 Å². The zero-order valence-electron chi connectivity index (χ0n) is 12.0. The smallest absolute Gasteiger partial charge is 0.256 e. The molecule has 1 aromatic carbocycles. The van der Waals surface area contributed by atoms with Crippen molar-refractivity contribution in [1.82, 2.24) is 10.6 Å². The van der Waals surface area contributed by atoms with Crippen molar-refractivity contribution in [3.05, 3.63) is 34.9 Å². The largest absolute Gasteiger partial charge is 0.338 e. The summed E-state index contributed by atoms with van der Waals surface area (Å²) in [5.74, 6) is 0.531. The summed E-state index contributed by atoms with van der Waals surface area (Å²) in [7, 11) is 0. The number of carbonyl (C=O) groups is 1. The Morgan fingerprint density at radius 1 is 1.32 bits per heavy atom. The summed E-state index contributed by atoms with van der Waals surface area (Å²) in [5, 5.41) is 6.04. The molecular weight excluding hydrogens is 238 g/mol. The molecule has 1 aliphatic heterocycles. The zero-order chi connectivity index (χ0) is 14.0. The molecular formula is C15H21N3O. The van der Waals surface area contributed by atoms with Crippen LogP contribution in [0.4, 0.5) is 0 Å². The Labute approximate surface area is 114 Å². The first-order valence-electron chi connectivity index (χ1n) is 6.69. The Balaban J connectivity index is 2.35. The van der Waals surface area contributed by atoms with E-state index < -0.39 is 5.54 Å². The average molecular weight is 259 g/mol. The second-order valence-electron chi connectivity index (χ2n) is 5.25. The SMILES string of the molecule is CCCN=C1NC(=O)C(C)(c2ccc(C)cc2C)N1. The molecule has 1 atom stereocenters. The third kappa shape index (κ3) is 2.48. The van der Waals surface area contributed by atoms with Crippen molar-refractivity contribution >= 4 is 11.9 Å². The molecule has 102 valence electrons. The van der Waals surface area contributed by atoms with E-state index in [1.807, 2.05) is 26.0 Å². The highest BCUT2D eigenvalue weighted by Crippen LogP contribution is 2.27. The fraction of sp³-hybridized carbons (Fsp3) is 0.467. The number of guanidine groups is 1. The highest BCUT2D eigenvalue weighted by molar-refractivity contribution is 6.09. The number of rotatable bonds is 3. The lowest BCUT2D eigenvalue weighted by Gasteiger charge is -2.24. The van der Waals surface area contributed by atoms with E-state index >= 15 is 0 Å². The molecule has 1 aliphatic rings. The molecule has 1 fully saturated rings. The van der Waals surface area contributed by atoms with Crippen molar-refractivity contribution in [3.8, 4) is 0 Å². The summed E-state index contributed by atoms with van der Waals surface area (Å²) < 4.78 is 0. The first kappa shape index (κ1) is 13.6. The van der Waals surface area contributed by atoms with E-state index in [4.69, 9.17) is 0 Å². The van der Waals surface area contributed by atoms with Crippen LogP contribution in [0.2, 0.25) is 0 Å². The van der Waals surface area contributed by atoms with Crippen LogP contribution in [0.1, 0.15) is 37.0 Å². The van der Waals surface area contributed by atoms with Gasteiger partial charge in [0.1, 0.15) is 5.54 Å². The van der Waals surface area contributed by atoms with Gasteiger partial charge in [-0.3, -0.25) is 15.1 Å². The predicted octanol–water partition coefficient (Wildman–Crippen LogP) is 2.00. The predicted molar refractivity (Wildman–Crippen MR) is 77.1 cm³/mol. The number of aliphatic imine (C=N–C) groups is 1. The quantitative estimate of drug-likeness (QED) is 0.872. The van der Waals surface area contributed by atoms with Crippen molar-refractivity contribution in [2.75, 3.05) is 6.54 Å². The van der Waals surface area contributed by atoms with Gasteiger partial charge in [-0.05, 0) is 38.3 Å². The third-order valence-corrected chi connectivity index (χ3v) is 3.47. The van der Waals surface area contributed by atoms with E-state index in [2.05, 4.69) is 35.5 Å². The van der Waals surface area contributed by atoms with Gasteiger partial charge in [0.15, 0.2) is 5.96 Å². The van der Waals surface area contributed by atoms with Crippen molar-refractivity contribution in [2.45, 2.75) is 39.7 Å². The molecule has 4 nitrogen and oxygen atoms in total. The summed E-state index contributed by atoms with van der Waals surface area (Å²) >= 11 is 0. The van der Waals surface area contributed by atoms with Crippen LogP contribution in [0.25, 0.3) is 0 Å². The minimum Gasteiger partial charge on any atom is -0.338 e. The van der Waals surface area contributed by atoms with Crippen LogP contribution in [0, 0.1) is 13.8 Å². The molecule has 2 rings (SSSR count). The normalized spacial score (nSPS) is 24.4. The minimum absolute atomic E-state index is 0.0469. The van der Waals surface area contributed by atoms with Crippen molar-refractivity contribution in [2.24, 2.45) is 4.99 Å². The van der Waals surface area contributed by atoms with Gasteiger partial charge in [-0.25, -0.2) is 0 Å². The number of hydrogen-bond donors (Lipinski definition) is 2. The molecule has 1 unspecified atom stereocenters. The fourth-order valence-electron chi connectivity index (χ4n) is 2.42. The zero-order valence-corrected chi connectivity index (χ0v) is 12.0. The first-order valence-corrected chi connectivity index (χ1v) is 6.69. The fourth-order valence-corrected chi connectivity index (χ4v) is 2.42. The molecule has 0 aliphatic carbocycles. The molecule has 1 amide bonds. The number of nitrogens with zero attached hydrogens (tertiary/aromatic N) is 1. The molecule has 1 saturated heterocycles. The highest BCUT2D eigenvalue weighted by Gasteiger charge is 2.43. The Kier molecular flexibility index (Phi) is 3.60. The van der Waals surface area contributed by atoms with E-state index in [-0.39, 0.29) is 5.91 Å². The lowest BCUT2D eigenvalue weighted by atomic mass is 9.88. The second kappa shape index (κ2) is 5.03. The van der Waals surface area contributed by atoms with Crippen LogP contribution in [0.15, 0.2) is 23.2 Å². The Morgan fingerprint density at radius 2 is 2.05 bits per heavy atom. The number of carbonyl (C=O) groups excluding carboxylic acids is 1. The second-order valence-corrected chi connectivity index (χ2v) is 5.25. The van der Waals surface area contributed by atoms with Crippen LogP contribution in [0.3, 0.4) is 0 Å². The molecule has 0 radical (unpaired) electrons. The van der Waals surface area contributed by atoms with Gasteiger partial charge >= 0.3 is 0 Å². The maximum atomic E-state index is 12.3. The van der Waals surface area contributed by atoms with E-state index in [1.54, 1.807) is 0 Å². The van der Waals surface area contributed by atoms with E-state index in [0.29, 0.717) is 12.5 Å². The minimum atomic E-state index is -0.732. The maximum absolute atomic E-state index is 12.3. The molecule has 0 saturated carbocycles. The van der Waals surface area contributed by atoms with Crippen LogP contribution in [-0.4, -0.2) is 18.4 Å². The lowest BCUT2D eigenvalue weighted by Crippen LogP contribution is -2.41. The van der Waals surface area contributed by atoms with Gasteiger partial charge < -0.3 is 5.32 Å². The molecule has 0 aromatic heterocycles. The summed E-state index contributed by atoms with van der Waals surface area (Å²) in [5.41, 5.74) is 2.58. The lowest BCUT2D eigenvalue weighted by molar-refractivity contribution is -0.123. The van der Waals surface area contributed by atoms with Gasteiger partial charge in [0.05, 0.1) is 0 Å². The standard InChI is InChI=1S/C15H21N3O/c1-5-8-16-14-17-13(19)15(4,18-14)12-7-6-10(2)9-11(12)3/h6-7,9H,5,8H2,1-4H3,(H2,16,17,18,19). The maximum Gasteiger partial charge on any atom is 0.256 e. The summed E-state index contributed by atoms with van der Waals surface area (Å²) in [6.07, 6.45) is 0.960. The van der Waals surface area contributed by atoms with Crippen LogP contribution in [0.5, 0.6) is 0 Å². The van der Waals surface area contributed by atoms with Gasteiger partial charge in [-0.2, -0.15) is 0 Å². The molecule has 0 spiro atoms. The Bertz CT molecular complexity index is 536. The molecule has 1 heterocycles. The van der Waals surface area contributed by atoms with Gasteiger partial charge in [0.25, 0.3) is 5.91 Å². The molecule has 4 heteroatoms. The van der Waals surface area contributed by atoms with E-state index in [1.165, 1.54) is 5.56 Å². The summed E-state index contributed by atoms with van der Waals surface area (Å²) in [6, 6.07) is 6.14. The number of benzene rings is 1. The van der Waals surface area contributed by atoms with Crippen LogP contribution < -0.4 is 10.6 Å². The molecule has 2 N–H and O–H groups in total. The first-order chi connectivity index (χ1) is 8.97. The van der Waals surface area contributed by atoms with E-state index in [0.717, 1.165) is 17.5 Å². The number of amides is 1. The molecule has 1 aromatic rings. The van der Waals surface area contributed by atoms with Crippen molar-refractivity contribution in [1.29, 1.82) is 0 Å². The topological polar surface area (TPSA) is 53.5 Å². The Hall–Kier alpha value is -1.84. The number of aryl methyl sites for hydroxylation is 2. The van der Waals surface area contributed by atoms with Gasteiger partial charge in [-0.1, -0.05) is 30.7 Å². The Morgan fingerprint density at radius 3 is 2.68 bits per heavy atom. The van der Waals surface area contributed by atoms with Gasteiger partial charge in [-0.15, -0.1) is 0 Å². The average Bonchev–Trinajstić information content (AvgIpc) is 2.63. The third-order valence-electron chi connectivity index (χ3n) is 3.47. The number of nitrogens with one attached hydrogen (secondary N) is 2. The number of hydrogen-bond acceptors (Lipinski definition) is 2. The molecule has 0 bridgehead atoms. The van der Waals surface area contributed by atoms with Crippen LogP contribution in [-0.2, 0) is 10.3 Å². The highest BCUT2D eigenvalue weighted by atomic mass is 16.2.